The molecule has 0 unspecified atom stereocenters. The van der Waals surface area contributed by atoms with E-state index < -0.39 is 0 Å². The van der Waals surface area contributed by atoms with Crippen LogP contribution < -0.4 is 5.32 Å². The van der Waals surface area contributed by atoms with Crippen molar-refractivity contribution < 1.29 is 9.21 Å². The summed E-state index contributed by atoms with van der Waals surface area (Å²) in [4.78, 5) is 12.0. The standard InChI is InChI=1S/C12H8BrN5O2/c13-11-10(5-6-20-11)12(19)15-8-1-3-9(4-2-8)18-7-14-16-17-18/h1-7H,(H,15,19). The highest BCUT2D eigenvalue weighted by Gasteiger charge is 2.12. The highest BCUT2D eigenvalue weighted by molar-refractivity contribution is 9.10. The minimum Gasteiger partial charge on any atom is -0.457 e. The highest BCUT2D eigenvalue weighted by atomic mass is 79.9. The molecule has 0 aliphatic heterocycles. The lowest BCUT2D eigenvalue weighted by Gasteiger charge is -2.05. The summed E-state index contributed by atoms with van der Waals surface area (Å²) in [7, 11) is 0. The topological polar surface area (TPSA) is 85.8 Å². The molecule has 0 bridgehead atoms. The van der Waals surface area contributed by atoms with Gasteiger partial charge in [-0.1, -0.05) is 0 Å². The van der Waals surface area contributed by atoms with Gasteiger partial charge in [0.05, 0.1) is 17.5 Å². The second-order valence-corrected chi connectivity index (χ2v) is 4.58. The number of nitrogens with zero attached hydrogens (tertiary/aromatic N) is 4. The minimum atomic E-state index is -0.249. The smallest absolute Gasteiger partial charge is 0.260 e. The molecule has 3 aromatic rings. The Balaban J connectivity index is 1.76. The average molecular weight is 334 g/mol. The van der Waals surface area contributed by atoms with Gasteiger partial charge in [0, 0.05) is 5.69 Å². The van der Waals surface area contributed by atoms with Crippen molar-refractivity contribution in [3.05, 3.63) is 53.2 Å². The van der Waals surface area contributed by atoms with E-state index in [9.17, 15) is 4.79 Å². The summed E-state index contributed by atoms with van der Waals surface area (Å²) in [5.74, 6) is -0.249. The van der Waals surface area contributed by atoms with Crippen molar-refractivity contribution in [1.82, 2.24) is 20.2 Å². The van der Waals surface area contributed by atoms with E-state index in [4.69, 9.17) is 4.42 Å². The van der Waals surface area contributed by atoms with Gasteiger partial charge in [-0.15, -0.1) is 5.10 Å². The molecular formula is C12H8BrN5O2. The van der Waals surface area contributed by atoms with Crippen LogP contribution in [0.1, 0.15) is 10.4 Å². The molecule has 0 fully saturated rings. The fraction of sp³-hybridized carbons (Fsp3) is 0. The van der Waals surface area contributed by atoms with Gasteiger partial charge in [-0.25, -0.2) is 4.68 Å². The Morgan fingerprint density at radius 3 is 2.65 bits per heavy atom. The number of halogens is 1. The predicted octanol–water partition coefficient (Wildman–Crippen LogP) is 2.27. The summed E-state index contributed by atoms with van der Waals surface area (Å²) in [5.41, 5.74) is 1.91. The number of tetrazole rings is 1. The third kappa shape index (κ3) is 2.45. The zero-order chi connectivity index (χ0) is 13.9. The number of anilines is 1. The van der Waals surface area contributed by atoms with Crippen LogP contribution in [0.4, 0.5) is 5.69 Å². The fourth-order valence-corrected chi connectivity index (χ4v) is 2.05. The van der Waals surface area contributed by atoms with E-state index in [1.165, 1.54) is 17.3 Å². The molecule has 100 valence electrons. The quantitative estimate of drug-likeness (QED) is 0.794. The largest absolute Gasteiger partial charge is 0.457 e. The Morgan fingerprint density at radius 2 is 2.05 bits per heavy atom. The normalized spacial score (nSPS) is 10.4. The van der Waals surface area contributed by atoms with Crippen LogP contribution >= 0.6 is 15.9 Å². The minimum absolute atomic E-state index is 0.249. The van der Waals surface area contributed by atoms with Gasteiger partial charge in [0.2, 0.25) is 0 Å². The second kappa shape index (κ2) is 5.25. The molecule has 2 heterocycles. The highest BCUT2D eigenvalue weighted by Crippen LogP contribution is 2.19. The van der Waals surface area contributed by atoms with Crippen molar-refractivity contribution in [2.75, 3.05) is 5.32 Å². The maximum atomic E-state index is 12.0. The maximum Gasteiger partial charge on any atom is 0.260 e. The number of carbonyl (C=O) groups excluding carboxylic acids is 1. The first-order valence-corrected chi connectivity index (χ1v) is 6.41. The van der Waals surface area contributed by atoms with Crippen molar-refractivity contribution in [2.24, 2.45) is 0 Å². The van der Waals surface area contributed by atoms with E-state index in [1.54, 1.807) is 30.3 Å². The lowest BCUT2D eigenvalue weighted by atomic mass is 10.2. The molecule has 8 heteroatoms. The second-order valence-electron chi connectivity index (χ2n) is 3.86. The van der Waals surface area contributed by atoms with Gasteiger partial charge in [0.25, 0.3) is 5.91 Å². The molecule has 0 spiro atoms. The molecule has 1 aromatic carbocycles. The van der Waals surface area contributed by atoms with E-state index >= 15 is 0 Å². The first-order valence-electron chi connectivity index (χ1n) is 5.62. The Hall–Kier alpha value is -2.48. The number of nitrogens with one attached hydrogen (secondary N) is 1. The summed E-state index contributed by atoms with van der Waals surface area (Å²) in [6.07, 6.45) is 2.94. The van der Waals surface area contributed by atoms with Gasteiger partial charge >= 0.3 is 0 Å². The molecule has 3 rings (SSSR count). The van der Waals surface area contributed by atoms with E-state index in [0.717, 1.165) is 5.69 Å². The van der Waals surface area contributed by atoms with Crippen LogP contribution in [0.2, 0.25) is 0 Å². The van der Waals surface area contributed by atoms with Crippen molar-refractivity contribution in [1.29, 1.82) is 0 Å². The molecule has 0 saturated heterocycles. The van der Waals surface area contributed by atoms with Gasteiger partial charge in [-0.2, -0.15) is 0 Å². The maximum absolute atomic E-state index is 12.0. The zero-order valence-corrected chi connectivity index (χ0v) is 11.6. The Labute approximate surface area is 121 Å². The zero-order valence-electron chi connectivity index (χ0n) is 10.0. The van der Waals surface area contributed by atoms with Crippen LogP contribution in [0.15, 0.2) is 52.0 Å². The van der Waals surface area contributed by atoms with Gasteiger partial charge in [-0.3, -0.25) is 4.79 Å². The number of hydrogen-bond acceptors (Lipinski definition) is 5. The van der Waals surface area contributed by atoms with E-state index in [1.807, 2.05) is 0 Å². The first-order chi connectivity index (χ1) is 9.74. The van der Waals surface area contributed by atoms with E-state index in [2.05, 4.69) is 36.8 Å². The molecule has 0 saturated carbocycles. The summed E-state index contributed by atoms with van der Waals surface area (Å²) in [6.45, 7) is 0. The van der Waals surface area contributed by atoms with Crippen LogP contribution in [0.3, 0.4) is 0 Å². The molecular weight excluding hydrogens is 326 g/mol. The SMILES string of the molecule is O=C(Nc1ccc(-n2cnnn2)cc1)c1ccoc1Br. The molecule has 1 amide bonds. The lowest BCUT2D eigenvalue weighted by molar-refractivity contribution is 0.102. The monoisotopic (exact) mass is 333 g/mol. The first kappa shape index (κ1) is 12.5. The molecule has 0 aliphatic carbocycles. The van der Waals surface area contributed by atoms with Gasteiger partial charge in [0.1, 0.15) is 6.33 Å². The van der Waals surface area contributed by atoms with Crippen molar-refractivity contribution in [3.63, 3.8) is 0 Å². The van der Waals surface area contributed by atoms with Crippen LogP contribution in [-0.4, -0.2) is 26.1 Å². The molecule has 7 nitrogen and oxygen atoms in total. The number of amides is 1. The molecule has 2 aromatic heterocycles. The summed E-state index contributed by atoms with van der Waals surface area (Å²) < 4.78 is 6.95. The number of aromatic nitrogens is 4. The van der Waals surface area contributed by atoms with Crippen LogP contribution in [0, 0.1) is 0 Å². The number of carbonyl (C=O) groups is 1. The van der Waals surface area contributed by atoms with E-state index in [-0.39, 0.29) is 5.91 Å². The fourth-order valence-electron chi connectivity index (χ4n) is 1.63. The molecule has 0 atom stereocenters. The van der Waals surface area contributed by atoms with Crippen molar-refractivity contribution in [3.8, 4) is 5.69 Å². The van der Waals surface area contributed by atoms with Gasteiger partial charge < -0.3 is 9.73 Å². The lowest BCUT2D eigenvalue weighted by Crippen LogP contribution is -2.11. The number of rotatable bonds is 3. The van der Waals surface area contributed by atoms with Crippen LogP contribution in [0.25, 0.3) is 5.69 Å². The number of hydrogen-bond donors (Lipinski definition) is 1. The summed E-state index contributed by atoms with van der Waals surface area (Å²) in [5, 5.41) is 13.7. The third-order valence-electron chi connectivity index (χ3n) is 2.60. The number of benzene rings is 1. The third-order valence-corrected chi connectivity index (χ3v) is 3.22. The van der Waals surface area contributed by atoms with Crippen molar-refractivity contribution in [2.45, 2.75) is 0 Å². The Bertz CT molecular complexity index is 721. The van der Waals surface area contributed by atoms with Crippen molar-refractivity contribution >= 4 is 27.5 Å². The summed E-state index contributed by atoms with van der Waals surface area (Å²) in [6, 6.07) is 8.73. The summed E-state index contributed by atoms with van der Waals surface area (Å²) >= 11 is 3.17. The molecule has 1 N–H and O–H groups in total. The van der Waals surface area contributed by atoms with Gasteiger partial charge in [0.15, 0.2) is 4.67 Å². The number of furan rings is 1. The average Bonchev–Trinajstić information content (AvgIpc) is 3.10. The van der Waals surface area contributed by atoms with E-state index in [0.29, 0.717) is 15.9 Å². The van der Waals surface area contributed by atoms with Gasteiger partial charge in [-0.05, 0) is 56.7 Å². The van der Waals surface area contributed by atoms with Crippen LogP contribution in [0.5, 0.6) is 0 Å². The van der Waals surface area contributed by atoms with Crippen LogP contribution in [-0.2, 0) is 0 Å². The Morgan fingerprint density at radius 1 is 1.25 bits per heavy atom. The molecule has 0 radical (unpaired) electrons. The predicted molar refractivity (Wildman–Crippen MR) is 73.5 cm³/mol. The molecule has 20 heavy (non-hydrogen) atoms. The Kier molecular flexibility index (Phi) is 3.30. The molecule has 0 aliphatic rings.